The van der Waals surface area contributed by atoms with Gasteiger partial charge in [-0.1, -0.05) is 36.2 Å². The van der Waals surface area contributed by atoms with Crippen molar-refractivity contribution in [3.8, 4) is 0 Å². The molecule has 0 spiro atoms. The van der Waals surface area contributed by atoms with E-state index in [1.807, 2.05) is 49.9 Å². The van der Waals surface area contributed by atoms with Crippen LogP contribution >= 0.6 is 11.6 Å². The predicted octanol–water partition coefficient (Wildman–Crippen LogP) is 6.75. The Morgan fingerprint density at radius 3 is 2.11 bits per heavy atom. The van der Waals surface area contributed by atoms with Crippen molar-refractivity contribution in [1.29, 1.82) is 0 Å². The van der Waals surface area contributed by atoms with Crippen LogP contribution in [0.15, 0.2) is 54.1 Å². The molecule has 2 fully saturated rings. The van der Waals surface area contributed by atoms with Gasteiger partial charge < -0.3 is 19.6 Å². The summed E-state index contributed by atoms with van der Waals surface area (Å²) in [5.74, 6) is -0.892. The van der Waals surface area contributed by atoms with E-state index < -0.39 is 11.6 Å². The molecular weight excluding hydrogens is 588 g/mol. The number of carboxylic acids is 1. The van der Waals surface area contributed by atoms with Crippen LogP contribution in [-0.2, 0) is 4.74 Å². The highest BCUT2D eigenvalue weighted by atomic mass is 35.5. The van der Waals surface area contributed by atoms with E-state index in [9.17, 15) is 14.7 Å². The molecule has 5 rings (SSSR count). The summed E-state index contributed by atoms with van der Waals surface area (Å²) in [6.07, 6.45) is 4.24. The molecule has 1 amide bonds. The van der Waals surface area contributed by atoms with Gasteiger partial charge in [-0.05, 0) is 106 Å². The van der Waals surface area contributed by atoms with Gasteiger partial charge in [-0.3, -0.25) is 9.80 Å². The number of nitrogens with zero attached hydrogens (tertiary/aromatic N) is 4. The SMILES string of the molecule is CC1(CCN2CCN(C(=O)OC(C)(C)C)CC2)CCC(c2ccc(Cl)cc2)=C(CN2CCN(c3ccc(C(=O)O)cc3)CC2)C1. The van der Waals surface area contributed by atoms with Crippen molar-refractivity contribution in [1.82, 2.24) is 14.7 Å². The second kappa shape index (κ2) is 14.1. The number of allylic oxidation sites excluding steroid dienone is 1. The van der Waals surface area contributed by atoms with Gasteiger partial charge in [0.1, 0.15) is 5.60 Å². The lowest BCUT2D eigenvalue weighted by Crippen LogP contribution is -2.50. The van der Waals surface area contributed by atoms with Gasteiger partial charge in [0.15, 0.2) is 0 Å². The van der Waals surface area contributed by atoms with Gasteiger partial charge >= 0.3 is 12.1 Å². The van der Waals surface area contributed by atoms with Crippen molar-refractivity contribution < 1.29 is 19.4 Å². The number of halogens is 1. The zero-order valence-electron chi connectivity index (χ0n) is 27.4. The first-order chi connectivity index (χ1) is 21.4. The minimum atomic E-state index is -0.892. The molecule has 1 N–H and O–H groups in total. The molecule has 45 heavy (non-hydrogen) atoms. The van der Waals surface area contributed by atoms with Crippen LogP contribution in [0, 0.1) is 5.41 Å². The molecule has 2 saturated heterocycles. The quantitative estimate of drug-likeness (QED) is 0.344. The van der Waals surface area contributed by atoms with E-state index >= 15 is 0 Å². The fourth-order valence-corrected chi connectivity index (χ4v) is 6.96. The molecule has 8 nitrogen and oxygen atoms in total. The molecule has 2 aromatic rings. The highest BCUT2D eigenvalue weighted by molar-refractivity contribution is 6.30. The third-order valence-electron chi connectivity index (χ3n) is 9.56. The number of carboxylic acid groups (broad SMARTS) is 1. The average molecular weight is 637 g/mol. The Balaban J connectivity index is 1.20. The van der Waals surface area contributed by atoms with Crippen molar-refractivity contribution in [2.24, 2.45) is 5.41 Å². The first-order valence-corrected chi connectivity index (χ1v) is 16.7. The Morgan fingerprint density at radius 2 is 1.51 bits per heavy atom. The molecule has 1 aliphatic carbocycles. The van der Waals surface area contributed by atoms with Crippen molar-refractivity contribution in [3.05, 3.63) is 70.3 Å². The van der Waals surface area contributed by atoms with E-state index in [1.165, 1.54) is 11.1 Å². The summed E-state index contributed by atoms with van der Waals surface area (Å²) in [6.45, 7) is 17.2. The smallest absolute Gasteiger partial charge is 0.410 e. The number of rotatable bonds is 8. The summed E-state index contributed by atoms with van der Waals surface area (Å²) in [5, 5.41) is 10.0. The van der Waals surface area contributed by atoms with Crippen LogP contribution in [-0.4, -0.2) is 103 Å². The van der Waals surface area contributed by atoms with E-state index in [4.69, 9.17) is 16.3 Å². The number of ether oxygens (including phenoxy) is 1. The molecule has 0 radical (unpaired) electrons. The van der Waals surface area contributed by atoms with Gasteiger partial charge in [-0.15, -0.1) is 0 Å². The van der Waals surface area contributed by atoms with Gasteiger partial charge in [-0.2, -0.15) is 0 Å². The number of hydrogen-bond donors (Lipinski definition) is 1. The summed E-state index contributed by atoms with van der Waals surface area (Å²) in [5.41, 5.74) is 5.46. The van der Waals surface area contributed by atoms with Crippen molar-refractivity contribution in [2.75, 3.05) is 70.3 Å². The lowest BCUT2D eigenvalue weighted by molar-refractivity contribution is 0.0134. The maximum absolute atomic E-state index is 12.5. The molecule has 0 saturated carbocycles. The standard InChI is InChI=1S/C36H49ClN4O4/c1-35(2,3)45-34(44)41-23-17-38(18-24-41)16-15-36(4)14-13-32(27-5-9-30(37)10-6-27)29(25-36)26-39-19-21-40(22-20-39)31-11-7-28(8-12-31)33(42)43/h5-12H,13-26H2,1-4H3,(H,42,43). The molecule has 2 aliphatic heterocycles. The fraction of sp³-hybridized carbons (Fsp3) is 0.556. The normalized spacial score (nSPS) is 22.1. The van der Waals surface area contributed by atoms with Crippen molar-refractivity contribution in [3.63, 3.8) is 0 Å². The third-order valence-corrected chi connectivity index (χ3v) is 9.81. The van der Waals surface area contributed by atoms with Crippen LogP contribution in [0.1, 0.15) is 69.3 Å². The summed E-state index contributed by atoms with van der Waals surface area (Å²) in [4.78, 5) is 33.0. The molecule has 244 valence electrons. The van der Waals surface area contributed by atoms with E-state index in [1.54, 1.807) is 17.7 Å². The molecule has 0 aromatic heterocycles. The highest BCUT2D eigenvalue weighted by Gasteiger charge is 2.34. The summed E-state index contributed by atoms with van der Waals surface area (Å²) < 4.78 is 5.58. The molecule has 1 unspecified atom stereocenters. The zero-order chi connectivity index (χ0) is 32.2. The summed E-state index contributed by atoms with van der Waals surface area (Å²) in [7, 11) is 0. The number of anilines is 1. The van der Waals surface area contributed by atoms with Crippen LogP contribution in [0.4, 0.5) is 10.5 Å². The Labute approximate surface area is 273 Å². The Kier molecular flexibility index (Phi) is 10.5. The highest BCUT2D eigenvalue weighted by Crippen LogP contribution is 2.45. The largest absolute Gasteiger partial charge is 0.478 e. The lowest BCUT2D eigenvalue weighted by Gasteiger charge is -2.42. The molecule has 1 atom stereocenters. The van der Waals surface area contributed by atoms with Gasteiger partial charge in [-0.25, -0.2) is 9.59 Å². The maximum Gasteiger partial charge on any atom is 0.410 e. The van der Waals surface area contributed by atoms with Gasteiger partial charge in [0.05, 0.1) is 5.56 Å². The number of aromatic carboxylic acids is 1. The minimum Gasteiger partial charge on any atom is -0.478 e. The molecular formula is C36H49ClN4O4. The maximum atomic E-state index is 12.5. The number of hydrogen-bond acceptors (Lipinski definition) is 6. The Bertz CT molecular complexity index is 1350. The van der Waals surface area contributed by atoms with E-state index in [0.29, 0.717) is 18.7 Å². The minimum absolute atomic E-state index is 0.206. The second-order valence-electron chi connectivity index (χ2n) is 14.3. The van der Waals surface area contributed by atoms with Gasteiger partial charge in [0, 0.05) is 69.6 Å². The lowest BCUT2D eigenvalue weighted by atomic mass is 9.69. The average Bonchev–Trinajstić information content (AvgIpc) is 3.01. The topological polar surface area (TPSA) is 76.6 Å². The first kappa shape index (κ1) is 33.3. The van der Waals surface area contributed by atoms with E-state index in [2.05, 4.69) is 33.8 Å². The first-order valence-electron chi connectivity index (χ1n) is 16.4. The van der Waals surface area contributed by atoms with Crippen molar-refractivity contribution in [2.45, 2.75) is 59.0 Å². The molecule has 2 aromatic carbocycles. The molecule has 9 heteroatoms. The zero-order valence-corrected chi connectivity index (χ0v) is 28.1. The molecule has 3 aliphatic rings. The number of carbonyl (C=O) groups excluding carboxylic acids is 1. The number of carbonyl (C=O) groups is 2. The number of piperazine rings is 2. The van der Waals surface area contributed by atoms with Gasteiger partial charge in [0.2, 0.25) is 0 Å². The van der Waals surface area contributed by atoms with Crippen LogP contribution in [0.25, 0.3) is 5.57 Å². The van der Waals surface area contributed by atoms with E-state index in [0.717, 1.165) is 88.8 Å². The fourth-order valence-electron chi connectivity index (χ4n) is 6.84. The van der Waals surface area contributed by atoms with Gasteiger partial charge in [0.25, 0.3) is 0 Å². The number of benzene rings is 2. The second-order valence-corrected chi connectivity index (χ2v) is 14.7. The van der Waals surface area contributed by atoms with Crippen LogP contribution in [0.3, 0.4) is 0 Å². The predicted molar refractivity (Wildman–Crippen MR) is 181 cm³/mol. The van der Waals surface area contributed by atoms with Crippen molar-refractivity contribution >= 4 is 34.9 Å². The van der Waals surface area contributed by atoms with E-state index in [-0.39, 0.29) is 11.5 Å². The summed E-state index contributed by atoms with van der Waals surface area (Å²) >= 11 is 6.25. The number of amides is 1. The van der Waals surface area contributed by atoms with Crippen LogP contribution in [0.5, 0.6) is 0 Å². The summed E-state index contributed by atoms with van der Waals surface area (Å²) in [6, 6.07) is 15.6. The Morgan fingerprint density at radius 1 is 0.889 bits per heavy atom. The Hall–Kier alpha value is -3.07. The molecule has 2 heterocycles. The monoisotopic (exact) mass is 636 g/mol. The van der Waals surface area contributed by atoms with Crippen LogP contribution in [0.2, 0.25) is 5.02 Å². The third kappa shape index (κ3) is 9.02. The molecule has 0 bridgehead atoms. The van der Waals surface area contributed by atoms with Crippen LogP contribution < -0.4 is 4.90 Å².